The maximum atomic E-state index is 11.8. The molecule has 0 spiro atoms. The van der Waals surface area contributed by atoms with Crippen LogP contribution in [0.4, 0.5) is 0 Å². The molecule has 0 N–H and O–H groups in total. The van der Waals surface area contributed by atoms with Gasteiger partial charge in [-0.2, -0.15) is 4.89 Å². The fraction of sp³-hybridized carbons (Fsp3) is 0.538. The smallest absolute Gasteiger partial charge is 0.215 e. The zero-order valence-electron chi connectivity index (χ0n) is 11.0. The molecule has 0 unspecified atom stereocenters. The van der Waals surface area contributed by atoms with Crippen LogP contribution in [0.3, 0.4) is 0 Å². The zero-order chi connectivity index (χ0) is 13.4. The third-order valence-electron chi connectivity index (χ3n) is 2.51. The summed E-state index contributed by atoms with van der Waals surface area (Å²) in [4.78, 5) is 26.3. The van der Waals surface area contributed by atoms with Gasteiger partial charge in [-0.15, -0.1) is 11.3 Å². The Morgan fingerprint density at radius 2 is 2.33 bits per heavy atom. The summed E-state index contributed by atoms with van der Waals surface area (Å²) in [6.07, 6.45) is 2.44. The normalized spacial score (nSPS) is 13.1. The molecule has 1 aromatic heterocycles. The second kappa shape index (κ2) is 8.00. The lowest BCUT2D eigenvalue weighted by molar-refractivity contribution is -0.188. The highest BCUT2D eigenvalue weighted by molar-refractivity contribution is 7.09. The van der Waals surface area contributed by atoms with Crippen LogP contribution in [0, 0.1) is 5.92 Å². The van der Waals surface area contributed by atoms with Gasteiger partial charge in [0.1, 0.15) is 5.78 Å². The second-order valence-electron chi connectivity index (χ2n) is 4.28. The first-order valence-corrected chi connectivity index (χ1v) is 6.77. The largest absolute Gasteiger partial charge is 0.326 e. The molecule has 4 nitrogen and oxygen atoms in total. The third-order valence-corrected chi connectivity index (χ3v) is 3.41. The molecule has 1 atom stereocenters. The number of aliphatic imine (C=N–C) groups is 1. The molecule has 100 valence electrons. The van der Waals surface area contributed by atoms with Crippen LogP contribution >= 0.6 is 11.3 Å². The van der Waals surface area contributed by atoms with E-state index in [1.54, 1.807) is 11.3 Å². The molecule has 1 heterocycles. The average Bonchev–Trinajstić information content (AvgIpc) is 2.81. The molecular formula is C13H19NO3S. The van der Waals surface area contributed by atoms with E-state index in [4.69, 9.17) is 0 Å². The standard InChI is InChI=1S/C13H19NO3S/c1-10(2)13(15)8-11(14-9-17-16-3)7-12-5-4-6-18-12/h4-6,9-11H,7-8H2,1-3H3/t11-/m0/s1. The number of thiophene rings is 1. The molecule has 0 aliphatic rings. The van der Waals surface area contributed by atoms with Crippen molar-refractivity contribution in [2.75, 3.05) is 7.11 Å². The summed E-state index contributed by atoms with van der Waals surface area (Å²) in [6, 6.07) is 3.95. The van der Waals surface area contributed by atoms with Gasteiger partial charge in [0.2, 0.25) is 6.40 Å². The van der Waals surface area contributed by atoms with Crippen LogP contribution in [0.25, 0.3) is 0 Å². The molecule has 1 rings (SSSR count). The molecule has 0 aliphatic heterocycles. The number of hydrogen-bond donors (Lipinski definition) is 0. The second-order valence-corrected chi connectivity index (χ2v) is 5.31. The summed E-state index contributed by atoms with van der Waals surface area (Å²) in [6.45, 7) is 3.81. The van der Waals surface area contributed by atoms with E-state index in [1.807, 2.05) is 31.4 Å². The molecule has 0 amide bonds. The van der Waals surface area contributed by atoms with Gasteiger partial charge in [-0.1, -0.05) is 19.9 Å². The Morgan fingerprint density at radius 3 is 2.89 bits per heavy atom. The van der Waals surface area contributed by atoms with Crippen LogP contribution in [-0.4, -0.2) is 25.3 Å². The van der Waals surface area contributed by atoms with Crippen molar-refractivity contribution in [2.45, 2.75) is 32.7 Å². The monoisotopic (exact) mass is 269 g/mol. The van der Waals surface area contributed by atoms with Crippen LogP contribution in [-0.2, 0) is 21.0 Å². The van der Waals surface area contributed by atoms with Crippen LogP contribution in [0.15, 0.2) is 22.5 Å². The highest BCUT2D eigenvalue weighted by Crippen LogP contribution is 2.16. The number of ketones is 1. The number of hydrogen-bond acceptors (Lipinski definition) is 5. The van der Waals surface area contributed by atoms with Crippen LogP contribution in [0.2, 0.25) is 0 Å². The zero-order valence-corrected chi connectivity index (χ0v) is 11.8. The number of nitrogens with zero attached hydrogens (tertiary/aromatic N) is 1. The average molecular weight is 269 g/mol. The summed E-state index contributed by atoms with van der Waals surface area (Å²) in [7, 11) is 1.42. The Balaban J connectivity index is 2.59. The lowest BCUT2D eigenvalue weighted by Gasteiger charge is -2.11. The molecule has 0 aromatic carbocycles. The molecule has 0 radical (unpaired) electrons. The lowest BCUT2D eigenvalue weighted by Crippen LogP contribution is -2.18. The fourth-order valence-corrected chi connectivity index (χ4v) is 2.24. The van der Waals surface area contributed by atoms with E-state index < -0.39 is 0 Å². The highest BCUT2D eigenvalue weighted by atomic mass is 32.1. The SMILES string of the molecule is COOC=N[C@H](CC(=O)C(C)C)Cc1cccs1. The van der Waals surface area contributed by atoms with Crippen molar-refractivity contribution >= 4 is 23.5 Å². The Bertz CT molecular complexity index is 374. The minimum Gasteiger partial charge on any atom is -0.326 e. The van der Waals surface area contributed by atoms with Crippen molar-refractivity contribution in [2.24, 2.45) is 10.9 Å². The Morgan fingerprint density at radius 1 is 1.56 bits per heavy atom. The molecule has 5 heteroatoms. The molecular weight excluding hydrogens is 250 g/mol. The van der Waals surface area contributed by atoms with Crippen LogP contribution < -0.4 is 0 Å². The van der Waals surface area contributed by atoms with E-state index in [0.717, 1.165) is 6.42 Å². The van der Waals surface area contributed by atoms with Crippen molar-refractivity contribution in [3.05, 3.63) is 22.4 Å². The third kappa shape index (κ3) is 5.42. The maximum Gasteiger partial charge on any atom is 0.215 e. The van der Waals surface area contributed by atoms with Gasteiger partial charge >= 0.3 is 0 Å². The molecule has 0 aliphatic carbocycles. The van der Waals surface area contributed by atoms with Gasteiger partial charge in [0.15, 0.2) is 0 Å². The minimum absolute atomic E-state index is 0.0365. The van der Waals surface area contributed by atoms with Crippen molar-refractivity contribution in [1.29, 1.82) is 0 Å². The van der Waals surface area contributed by atoms with E-state index in [0.29, 0.717) is 6.42 Å². The Hall–Kier alpha value is -1.20. The van der Waals surface area contributed by atoms with Crippen molar-refractivity contribution in [3.8, 4) is 0 Å². The molecule has 0 saturated carbocycles. The van der Waals surface area contributed by atoms with E-state index in [2.05, 4.69) is 14.8 Å². The van der Waals surface area contributed by atoms with Crippen LogP contribution in [0.5, 0.6) is 0 Å². The van der Waals surface area contributed by atoms with Gasteiger partial charge in [-0.25, -0.2) is 0 Å². The number of carbonyl (C=O) groups excluding carboxylic acids is 1. The topological polar surface area (TPSA) is 47.9 Å². The summed E-state index contributed by atoms with van der Waals surface area (Å²) in [5, 5.41) is 2.02. The van der Waals surface area contributed by atoms with E-state index in [-0.39, 0.29) is 17.7 Å². The maximum absolute atomic E-state index is 11.8. The summed E-state index contributed by atoms with van der Waals surface area (Å²) in [5.74, 6) is 0.250. The summed E-state index contributed by atoms with van der Waals surface area (Å²) < 4.78 is 0. The fourth-order valence-electron chi connectivity index (χ4n) is 1.46. The van der Waals surface area contributed by atoms with Gasteiger partial charge in [-0.05, 0) is 11.4 Å². The molecule has 0 bridgehead atoms. The number of carbonyl (C=O) groups is 1. The Kier molecular flexibility index (Phi) is 6.60. The van der Waals surface area contributed by atoms with Gasteiger partial charge in [-0.3, -0.25) is 9.79 Å². The Labute approximate surface area is 112 Å². The van der Waals surface area contributed by atoms with Crippen molar-refractivity contribution < 1.29 is 14.6 Å². The molecule has 0 fully saturated rings. The van der Waals surface area contributed by atoms with E-state index in [9.17, 15) is 4.79 Å². The van der Waals surface area contributed by atoms with Gasteiger partial charge in [0.25, 0.3) is 0 Å². The number of Topliss-reactive ketones (excluding diaryl/α,β-unsaturated/α-hetero) is 1. The lowest BCUT2D eigenvalue weighted by atomic mass is 10.00. The molecule has 1 aromatic rings. The van der Waals surface area contributed by atoms with Crippen molar-refractivity contribution in [1.82, 2.24) is 0 Å². The molecule has 18 heavy (non-hydrogen) atoms. The van der Waals surface area contributed by atoms with E-state index in [1.165, 1.54) is 18.4 Å². The predicted octanol–water partition coefficient (Wildman–Crippen LogP) is 2.88. The highest BCUT2D eigenvalue weighted by Gasteiger charge is 2.16. The first kappa shape index (κ1) is 14.9. The quantitative estimate of drug-likeness (QED) is 0.315. The first-order chi connectivity index (χ1) is 8.63. The van der Waals surface area contributed by atoms with Gasteiger partial charge < -0.3 is 4.89 Å². The van der Waals surface area contributed by atoms with E-state index >= 15 is 0 Å². The summed E-state index contributed by atoms with van der Waals surface area (Å²) in [5.41, 5.74) is 0. The predicted molar refractivity (Wildman–Crippen MR) is 72.9 cm³/mol. The van der Waals surface area contributed by atoms with Crippen LogP contribution in [0.1, 0.15) is 25.1 Å². The number of rotatable bonds is 8. The summed E-state index contributed by atoms with van der Waals surface area (Å²) >= 11 is 1.67. The first-order valence-electron chi connectivity index (χ1n) is 5.89. The molecule has 0 saturated heterocycles. The van der Waals surface area contributed by atoms with Gasteiger partial charge in [0, 0.05) is 23.6 Å². The van der Waals surface area contributed by atoms with Gasteiger partial charge in [0.05, 0.1) is 13.2 Å². The van der Waals surface area contributed by atoms with Crippen molar-refractivity contribution in [3.63, 3.8) is 0 Å². The minimum atomic E-state index is -0.0892.